The van der Waals surface area contributed by atoms with E-state index in [-0.39, 0.29) is 0 Å². The van der Waals surface area contributed by atoms with E-state index in [0.29, 0.717) is 6.29 Å². The van der Waals surface area contributed by atoms with Crippen molar-refractivity contribution in [3.63, 3.8) is 0 Å². The number of carbonyl (C=O) groups is 1. The lowest BCUT2D eigenvalue weighted by molar-refractivity contribution is -0.103. The molecule has 21 heavy (non-hydrogen) atoms. The third-order valence-corrected chi connectivity index (χ3v) is 2.90. The molecule has 0 aliphatic rings. The maximum absolute atomic E-state index is 10.2. The lowest BCUT2D eigenvalue weighted by Crippen LogP contribution is -2.07. The van der Waals surface area contributed by atoms with E-state index >= 15 is 0 Å². The summed E-state index contributed by atoms with van der Waals surface area (Å²) in [6, 6.07) is 15.6. The Balaban J connectivity index is 2.13. The molecule has 2 nitrogen and oxygen atoms in total. The largest absolute Gasteiger partial charge is 0.378 e. The third-order valence-electron chi connectivity index (χ3n) is 2.90. The molecule has 0 N–H and O–H groups in total. The van der Waals surface area contributed by atoms with E-state index < -0.39 is 0 Å². The molecule has 0 amide bonds. The van der Waals surface area contributed by atoms with Crippen LogP contribution in [0.15, 0.2) is 48.5 Å². The van der Waals surface area contributed by atoms with Crippen molar-refractivity contribution in [1.29, 1.82) is 0 Å². The van der Waals surface area contributed by atoms with Gasteiger partial charge in [-0.05, 0) is 54.5 Å². The summed E-state index contributed by atoms with van der Waals surface area (Å²) >= 11 is 0. The normalized spacial score (nSPS) is 8.86. The average Bonchev–Trinajstić information content (AvgIpc) is 2.52. The van der Waals surface area contributed by atoms with E-state index in [2.05, 4.69) is 28.6 Å². The van der Waals surface area contributed by atoms with E-state index in [1.807, 2.05) is 62.6 Å². The van der Waals surface area contributed by atoms with Crippen molar-refractivity contribution in [2.75, 3.05) is 19.0 Å². The number of hydrogen-bond acceptors (Lipinski definition) is 2. The molecule has 0 saturated carbocycles. The van der Waals surface area contributed by atoms with Gasteiger partial charge in [-0.2, -0.15) is 0 Å². The molecule has 2 aromatic carbocycles. The van der Waals surface area contributed by atoms with Crippen LogP contribution in [0.5, 0.6) is 0 Å². The van der Waals surface area contributed by atoms with Crippen molar-refractivity contribution < 1.29 is 4.79 Å². The zero-order valence-electron chi connectivity index (χ0n) is 12.1. The smallest absolute Gasteiger partial charge is 0.193 e. The summed E-state index contributed by atoms with van der Waals surface area (Å²) < 4.78 is 0. The Kier molecular flexibility index (Phi) is 4.80. The van der Waals surface area contributed by atoms with Gasteiger partial charge in [0, 0.05) is 36.5 Å². The van der Waals surface area contributed by atoms with Crippen LogP contribution >= 0.6 is 0 Å². The van der Waals surface area contributed by atoms with Crippen LogP contribution in [-0.4, -0.2) is 20.4 Å². The predicted molar refractivity (Wildman–Crippen MR) is 86.1 cm³/mol. The SMILES string of the molecule is CN(C)c1ccc(C#Cc2ccc(C#CC=O)cc2)cc1. The van der Waals surface area contributed by atoms with Crippen LogP contribution in [0.3, 0.4) is 0 Å². The second kappa shape index (κ2) is 6.98. The molecule has 2 heteroatoms. The third kappa shape index (κ3) is 4.27. The van der Waals surface area contributed by atoms with Crippen LogP contribution in [0.2, 0.25) is 0 Å². The first-order valence-electron chi connectivity index (χ1n) is 6.54. The van der Waals surface area contributed by atoms with Crippen LogP contribution in [0.25, 0.3) is 0 Å². The van der Waals surface area contributed by atoms with Crippen molar-refractivity contribution >= 4 is 12.0 Å². The monoisotopic (exact) mass is 273 g/mol. The molecule has 0 spiro atoms. The van der Waals surface area contributed by atoms with Crippen molar-refractivity contribution in [3.05, 3.63) is 65.2 Å². The number of nitrogens with zero attached hydrogens (tertiary/aromatic N) is 1. The maximum atomic E-state index is 10.2. The Morgan fingerprint density at radius 3 is 1.62 bits per heavy atom. The summed E-state index contributed by atoms with van der Waals surface area (Å²) in [6.07, 6.45) is 0.588. The minimum atomic E-state index is 0.588. The van der Waals surface area contributed by atoms with E-state index in [1.165, 1.54) is 0 Å². The molecule has 0 unspecified atom stereocenters. The molecule has 0 atom stereocenters. The first-order valence-corrected chi connectivity index (χ1v) is 6.54. The van der Waals surface area contributed by atoms with Gasteiger partial charge in [-0.3, -0.25) is 4.79 Å². The molecule has 0 radical (unpaired) electrons. The summed E-state index contributed by atoms with van der Waals surface area (Å²) in [4.78, 5) is 12.2. The van der Waals surface area contributed by atoms with Gasteiger partial charge in [-0.25, -0.2) is 0 Å². The lowest BCUT2D eigenvalue weighted by Gasteiger charge is -2.11. The predicted octanol–water partition coefficient (Wildman–Crippen LogP) is 2.70. The van der Waals surface area contributed by atoms with E-state index in [9.17, 15) is 4.79 Å². The fourth-order valence-electron chi connectivity index (χ4n) is 1.74. The zero-order chi connectivity index (χ0) is 15.1. The Bertz CT molecular complexity index is 733. The summed E-state index contributed by atoms with van der Waals surface area (Å²) in [5.74, 6) is 11.4. The van der Waals surface area contributed by atoms with Crippen molar-refractivity contribution in [2.45, 2.75) is 0 Å². The van der Waals surface area contributed by atoms with Crippen LogP contribution in [-0.2, 0) is 4.79 Å². The topological polar surface area (TPSA) is 20.3 Å². The first-order chi connectivity index (χ1) is 10.2. The highest BCUT2D eigenvalue weighted by atomic mass is 16.1. The van der Waals surface area contributed by atoms with E-state index in [0.717, 1.165) is 22.4 Å². The number of hydrogen-bond donors (Lipinski definition) is 0. The molecule has 102 valence electrons. The highest BCUT2D eigenvalue weighted by molar-refractivity contribution is 5.74. The van der Waals surface area contributed by atoms with Crippen molar-refractivity contribution in [2.24, 2.45) is 0 Å². The van der Waals surface area contributed by atoms with Crippen LogP contribution in [0, 0.1) is 23.7 Å². The molecule has 0 saturated heterocycles. The Morgan fingerprint density at radius 1 is 0.762 bits per heavy atom. The van der Waals surface area contributed by atoms with Gasteiger partial charge in [0.2, 0.25) is 0 Å². The first kappa shape index (κ1) is 14.4. The average molecular weight is 273 g/mol. The summed E-state index contributed by atoms with van der Waals surface area (Å²) in [5.41, 5.74) is 3.86. The zero-order valence-corrected chi connectivity index (χ0v) is 12.1. The number of aldehydes is 1. The molecule has 0 aliphatic heterocycles. The minimum Gasteiger partial charge on any atom is -0.378 e. The standard InChI is InChI=1S/C19H15NO/c1-20(2)19-13-11-18(12-14-19)10-9-17-7-5-16(6-8-17)4-3-15-21/h5-8,11-15H,1-2H3. The highest BCUT2D eigenvalue weighted by Gasteiger charge is 1.93. The Hall–Kier alpha value is -2.97. The van der Waals surface area contributed by atoms with Crippen LogP contribution in [0.1, 0.15) is 16.7 Å². The van der Waals surface area contributed by atoms with Gasteiger partial charge >= 0.3 is 0 Å². The summed E-state index contributed by atoms with van der Waals surface area (Å²) in [6.45, 7) is 0. The fourth-order valence-corrected chi connectivity index (χ4v) is 1.74. The van der Waals surface area contributed by atoms with Gasteiger partial charge in [-0.15, -0.1) is 0 Å². The van der Waals surface area contributed by atoms with E-state index in [1.54, 1.807) is 0 Å². The number of rotatable bonds is 1. The molecule has 0 heterocycles. The molecule has 0 fully saturated rings. The van der Waals surface area contributed by atoms with Gasteiger partial charge in [-0.1, -0.05) is 17.8 Å². The van der Waals surface area contributed by atoms with Gasteiger partial charge in [0.25, 0.3) is 0 Å². The summed E-state index contributed by atoms with van der Waals surface area (Å²) in [5, 5.41) is 0. The highest BCUT2D eigenvalue weighted by Crippen LogP contribution is 2.11. The number of carbonyl (C=O) groups excluding carboxylic acids is 1. The molecule has 0 aromatic heterocycles. The van der Waals surface area contributed by atoms with Gasteiger partial charge in [0.05, 0.1) is 0 Å². The quantitative estimate of drug-likeness (QED) is 0.588. The second-order valence-electron chi connectivity index (χ2n) is 4.66. The molecule has 2 aromatic rings. The van der Waals surface area contributed by atoms with Gasteiger partial charge < -0.3 is 4.90 Å². The molecule has 0 bridgehead atoms. The van der Waals surface area contributed by atoms with Crippen LogP contribution < -0.4 is 4.90 Å². The van der Waals surface area contributed by atoms with E-state index in [4.69, 9.17) is 0 Å². The van der Waals surface area contributed by atoms with Gasteiger partial charge in [0.1, 0.15) is 0 Å². The molecule has 2 rings (SSSR count). The summed E-state index contributed by atoms with van der Waals surface area (Å²) in [7, 11) is 4.02. The number of benzene rings is 2. The second-order valence-corrected chi connectivity index (χ2v) is 4.66. The molecular weight excluding hydrogens is 258 g/mol. The van der Waals surface area contributed by atoms with Crippen molar-refractivity contribution in [3.8, 4) is 23.7 Å². The molecule has 0 aliphatic carbocycles. The van der Waals surface area contributed by atoms with Gasteiger partial charge in [0.15, 0.2) is 6.29 Å². The fraction of sp³-hybridized carbons (Fsp3) is 0.105. The Morgan fingerprint density at radius 2 is 1.19 bits per heavy atom. The number of anilines is 1. The van der Waals surface area contributed by atoms with Crippen molar-refractivity contribution in [1.82, 2.24) is 0 Å². The van der Waals surface area contributed by atoms with Crippen LogP contribution in [0.4, 0.5) is 5.69 Å². The molecular formula is C19H15NO. The minimum absolute atomic E-state index is 0.588. The Labute approximate surface area is 125 Å². The lowest BCUT2D eigenvalue weighted by atomic mass is 10.1. The maximum Gasteiger partial charge on any atom is 0.193 e.